The molecule has 0 fully saturated rings. The van der Waals surface area contributed by atoms with E-state index >= 15 is 0 Å². The van der Waals surface area contributed by atoms with Gasteiger partial charge in [-0.2, -0.15) is 10.5 Å². The number of hydrogen-bond donors (Lipinski definition) is 0. The summed E-state index contributed by atoms with van der Waals surface area (Å²) in [5, 5.41) is 19.0. The smallest absolute Gasteiger partial charge is 0.138 e. The van der Waals surface area contributed by atoms with Crippen molar-refractivity contribution in [2.75, 3.05) is 0 Å². The first-order valence-corrected chi connectivity index (χ1v) is 8.10. The third-order valence-electron chi connectivity index (χ3n) is 5.58. The number of hydrogen-bond acceptors (Lipinski definition) is 2. The van der Waals surface area contributed by atoms with Crippen molar-refractivity contribution in [2.24, 2.45) is 0 Å². The summed E-state index contributed by atoms with van der Waals surface area (Å²) in [4.78, 5) is 0. The first-order chi connectivity index (χ1) is 11.3. The molecule has 118 valence electrons. The molecule has 1 aliphatic carbocycles. The summed E-state index contributed by atoms with van der Waals surface area (Å²) in [6, 6.07) is 8.46. The Morgan fingerprint density at radius 1 is 0.667 bits per heavy atom. The molecule has 0 aliphatic heterocycles. The lowest BCUT2D eigenvalue weighted by atomic mass is 9.89. The molecular formula is C22H20N2. The minimum atomic E-state index is 0.195. The van der Waals surface area contributed by atoms with Crippen LogP contribution in [0.3, 0.4) is 0 Å². The lowest BCUT2D eigenvalue weighted by Crippen LogP contribution is -1.95. The zero-order chi connectivity index (χ0) is 17.8. The Morgan fingerprint density at radius 3 is 1.38 bits per heavy atom. The SMILES string of the molecule is Cc1cc2c(c(C)c1C)-c1c(cc(C)c(C)c1C)C2=C(C#N)C#N. The van der Waals surface area contributed by atoms with Gasteiger partial charge in [-0.1, -0.05) is 12.1 Å². The number of rotatable bonds is 0. The van der Waals surface area contributed by atoms with Crippen LogP contribution in [0.5, 0.6) is 0 Å². The second-order valence-electron chi connectivity index (χ2n) is 6.71. The van der Waals surface area contributed by atoms with Crippen molar-refractivity contribution in [3.05, 3.63) is 62.2 Å². The van der Waals surface area contributed by atoms with Gasteiger partial charge >= 0.3 is 0 Å². The molecule has 0 N–H and O–H groups in total. The van der Waals surface area contributed by atoms with Crippen LogP contribution >= 0.6 is 0 Å². The van der Waals surface area contributed by atoms with Gasteiger partial charge < -0.3 is 0 Å². The van der Waals surface area contributed by atoms with E-state index in [2.05, 4.69) is 65.8 Å². The van der Waals surface area contributed by atoms with E-state index in [0.29, 0.717) is 0 Å². The second kappa shape index (κ2) is 5.36. The van der Waals surface area contributed by atoms with Crippen molar-refractivity contribution in [1.82, 2.24) is 0 Å². The molecule has 24 heavy (non-hydrogen) atoms. The highest BCUT2D eigenvalue weighted by molar-refractivity contribution is 6.06. The highest BCUT2D eigenvalue weighted by atomic mass is 14.4. The molecule has 2 aromatic rings. The number of benzene rings is 2. The fourth-order valence-electron chi connectivity index (χ4n) is 3.75. The van der Waals surface area contributed by atoms with Gasteiger partial charge in [0.05, 0.1) is 0 Å². The molecule has 2 aromatic carbocycles. The van der Waals surface area contributed by atoms with E-state index in [1.807, 2.05) is 0 Å². The molecular weight excluding hydrogens is 292 g/mol. The van der Waals surface area contributed by atoms with E-state index in [4.69, 9.17) is 0 Å². The Balaban J connectivity index is 2.62. The van der Waals surface area contributed by atoms with Crippen molar-refractivity contribution in [3.63, 3.8) is 0 Å². The first kappa shape index (κ1) is 16.0. The molecule has 0 aromatic heterocycles. The van der Waals surface area contributed by atoms with Crippen LogP contribution in [0.4, 0.5) is 0 Å². The maximum absolute atomic E-state index is 9.49. The van der Waals surface area contributed by atoms with Crippen LogP contribution in [-0.4, -0.2) is 0 Å². The highest BCUT2D eigenvalue weighted by Gasteiger charge is 2.31. The molecule has 0 unspecified atom stereocenters. The van der Waals surface area contributed by atoms with Crippen LogP contribution in [-0.2, 0) is 0 Å². The normalized spacial score (nSPS) is 11.6. The van der Waals surface area contributed by atoms with Crippen LogP contribution in [0, 0.1) is 64.2 Å². The van der Waals surface area contributed by atoms with Gasteiger partial charge in [-0.3, -0.25) is 0 Å². The molecule has 0 radical (unpaired) electrons. The van der Waals surface area contributed by atoms with Crippen molar-refractivity contribution in [3.8, 4) is 23.3 Å². The molecule has 3 rings (SSSR count). The molecule has 0 atom stereocenters. The maximum atomic E-state index is 9.49. The van der Waals surface area contributed by atoms with E-state index in [1.54, 1.807) is 0 Å². The van der Waals surface area contributed by atoms with E-state index in [0.717, 1.165) is 16.7 Å². The summed E-state index contributed by atoms with van der Waals surface area (Å²) in [7, 11) is 0. The van der Waals surface area contributed by atoms with Gasteiger partial charge in [0.2, 0.25) is 0 Å². The van der Waals surface area contributed by atoms with E-state index in [9.17, 15) is 10.5 Å². The number of allylic oxidation sites excluding steroid dienone is 1. The summed E-state index contributed by atoms with van der Waals surface area (Å²) < 4.78 is 0. The molecule has 2 nitrogen and oxygen atoms in total. The first-order valence-electron chi connectivity index (χ1n) is 8.10. The molecule has 0 amide bonds. The zero-order valence-electron chi connectivity index (χ0n) is 15.0. The van der Waals surface area contributed by atoms with Gasteiger partial charge in [0.1, 0.15) is 17.7 Å². The summed E-state index contributed by atoms with van der Waals surface area (Å²) in [6.07, 6.45) is 0. The minimum absolute atomic E-state index is 0.195. The molecule has 1 aliphatic rings. The van der Waals surface area contributed by atoms with E-state index in [1.165, 1.54) is 44.5 Å². The average molecular weight is 312 g/mol. The third-order valence-corrected chi connectivity index (χ3v) is 5.58. The van der Waals surface area contributed by atoms with Gasteiger partial charge in [0, 0.05) is 5.57 Å². The van der Waals surface area contributed by atoms with Crippen molar-refractivity contribution < 1.29 is 0 Å². The van der Waals surface area contributed by atoms with Gasteiger partial charge in [-0.25, -0.2) is 0 Å². The minimum Gasteiger partial charge on any atom is -0.192 e. The van der Waals surface area contributed by atoms with E-state index < -0.39 is 0 Å². The predicted molar refractivity (Wildman–Crippen MR) is 97.5 cm³/mol. The Labute approximate surface area is 143 Å². The quantitative estimate of drug-likeness (QED) is 0.524. The lowest BCUT2D eigenvalue weighted by Gasteiger charge is -2.15. The van der Waals surface area contributed by atoms with Gasteiger partial charge in [-0.05, 0) is 97.2 Å². The number of nitrogens with zero attached hydrogens (tertiary/aromatic N) is 2. The topological polar surface area (TPSA) is 47.6 Å². The van der Waals surface area contributed by atoms with Crippen molar-refractivity contribution in [1.29, 1.82) is 10.5 Å². The summed E-state index contributed by atoms with van der Waals surface area (Å²) in [5.41, 5.74) is 12.8. The van der Waals surface area contributed by atoms with Crippen molar-refractivity contribution in [2.45, 2.75) is 41.5 Å². The third kappa shape index (κ3) is 1.93. The molecule has 0 heterocycles. The van der Waals surface area contributed by atoms with Gasteiger partial charge in [0.25, 0.3) is 0 Å². The maximum Gasteiger partial charge on any atom is 0.138 e. The highest BCUT2D eigenvalue weighted by Crippen LogP contribution is 2.50. The van der Waals surface area contributed by atoms with Crippen LogP contribution in [0.1, 0.15) is 44.5 Å². The van der Waals surface area contributed by atoms with Crippen molar-refractivity contribution >= 4 is 5.57 Å². The number of fused-ring (bicyclic) bond motifs is 3. The fourth-order valence-corrected chi connectivity index (χ4v) is 3.75. The number of aryl methyl sites for hydroxylation is 2. The summed E-state index contributed by atoms with van der Waals surface area (Å²) in [5.74, 6) is 0. The zero-order valence-corrected chi connectivity index (χ0v) is 15.0. The monoisotopic (exact) mass is 312 g/mol. The molecule has 0 bridgehead atoms. The van der Waals surface area contributed by atoms with E-state index in [-0.39, 0.29) is 5.57 Å². The lowest BCUT2D eigenvalue weighted by molar-refractivity contribution is 1.24. The Bertz CT molecular complexity index is 940. The Kier molecular flexibility index (Phi) is 3.58. The molecule has 2 heteroatoms. The van der Waals surface area contributed by atoms with Crippen LogP contribution in [0.2, 0.25) is 0 Å². The van der Waals surface area contributed by atoms with Gasteiger partial charge in [0.15, 0.2) is 0 Å². The average Bonchev–Trinajstić information content (AvgIpc) is 2.86. The standard InChI is InChI=1S/C22H20N2/c1-11-7-18-20(15(5)13(11)3)21-16(6)14(4)12(2)8-19(21)22(18)17(9-23)10-24/h7-8H,1-6H3. The Morgan fingerprint density at radius 2 is 1.04 bits per heavy atom. The van der Waals surface area contributed by atoms with Crippen LogP contribution < -0.4 is 0 Å². The molecule has 0 saturated heterocycles. The fraction of sp³-hybridized carbons (Fsp3) is 0.273. The molecule has 0 saturated carbocycles. The van der Waals surface area contributed by atoms with Gasteiger partial charge in [-0.15, -0.1) is 0 Å². The number of nitriles is 2. The predicted octanol–water partition coefficient (Wildman–Crippen LogP) is 5.37. The molecule has 0 spiro atoms. The van der Waals surface area contributed by atoms with Crippen LogP contribution in [0.15, 0.2) is 17.7 Å². The van der Waals surface area contributed by atoms with Crippen LogP contribution in [0.25, 0.3) is 16.7 Å². The Hall–Kier alpha value is -2.84. The second-order valence-corrected chi connectivity index (χ2v) is 6.71. The summed E-state index contributed by atoms with van der Waals surface area (Å²) in [6.45, 7) is 12.7. The largest absolute Gasteiger partial charge is 0.192 e. The summed E-state index contributed by atoms with van der Waals surface area (Å²) >= 11 is 0.